The molecule has 1 aromatic rings. The van der Waals surface area contributed by atoms with Crippen molar-refractivity contribution in [2.24, 2.45) is 0 Å². The highest BCUT2D eigenvalue weighted by Crippen LogP contribution is 2.16. The van der Waals surface area contributed by atoms with Gasteiger partial charge in [0.15, 0.2) is 11.4 Å². The van der Waals surface area contributed by atoms with Gasteiger partial charge in [-0.25, -0.2) is 4.98 Å². The van der Waals surface area contributed by atoms with Crippen LogP contribution in [0.25, 0.3) is 0 Å². The number of unbranched alkanes of at least 4 members (excludes halogenated alkanes) is 2. The Labute approximate surface area is 102 Å². The highest BCUT2D eigenvalue weighted by Gasteiger charge is 2.05. The molecule has 0 aromatic carbocycles. The minimum absolute atomic E-state index is 0.354. The zero-order chi connectivity index (χ0) is 12.7. The summed E-state index contributed by atoms with van der Waals surface area (Å²) in [5.74, 6) is 6.08. The van der Waals surface area contributed by atoms with Crippen LogP contribution in [-0.4, -0.2) is 11.0 Å². The summed E-state index contributed by atoms with van der Waals surface area (Å²) in [4.78, 5) is 15.2. The Bertz CT molecular complexity index is 455. The number of esters is 1. The normalized spacial score (nSPS) is 9.35. The van der Waals surface area contributed by atoms with Crippen LogP contribution in [0.1, 0.15) is 44.5 Å². The number of ether oxygens (including phenoxy) is 1. The molecule has 1 aromatic heterocycles. The molecule has 0 spiro atoms. The van der Waals surface area contributed by atoms with Crippen LogP contribution in [0.5, 0.6) is 5.75 Å². The van der Waals surface area contributed by atoms with Gasteiger partial charge in [-0.3, -0.25) is 4.79 Å². The van der Waals surface area contributed by atoms with Gasteiger partial charge in [0.2, 0.25) is 0 Å². The van der Waals surface area contributed by atoms with E-state index >= 15 is 0 Å². The van der Waals surface area contributed by atoms with E-state index in [4.69, 9.17) is 4.74 Å². The predicted octanol–water partition coefficient (Wildman–Crippen LogP) is 2.86. The van der Waals surface area contributed by atoms with Crippen LogP contribution in [0.3, 0.4) is 0 Å². The monoisotopic (exact) mass is 231 g/mol. The van der Waals surface area contributed by atoms with Crippen molar-refractivity contribution in [3.05, 3.63) is 23.5 Å². The van der Waals surface area contributed by atoms with Gasteiger partial charge in [-0.05, 0) is 31.4 Å². The third-order valence-corrected chi connectivity index (χ3v) is 2.11. The van der Waals surface area contributed by atoms with Crippen molar-refractivity contribution in [2.75, 3.05) is 0 Å². The summed E-state index contributed by atoms with van der Waals surface area (Å²) < 4.78 is 5.05. The summed E-state index contributed by atoms with van der Waals surface area (Å²) >= 11 is 0. The van der Waals surface area contributed by atoms with Gasteiger partial charge < -0.3 is 4.74 Å². The molecule has 0 N–H and O–H groups in total. The molecule has 1 rings (SSSR count). The van der Waals surface area contributed by atoms with Crippen molar-refractivity contribution in [3.8, 4) is 17.6 Å². The third-order valence-electron chi connectivity index (χ3n) is 2.11. The fraction of sp³-hybridized carbons (Fsp3) is 0.429. The van der Waals surface area contributed by atoms with Crippen LogP contribution in [0.4, 0.5) is 0 Å². The Hall–Kier alpha value is -1.82. The summed E-state index contributed by atoms with van der Waals surface area (Å²) in [6, 6.07) is 3.53. The van der Waals surface area contributed by atoms with Gasteiger partial charge >= 0.3 is 5.97 Å². The van der Waals surface area contributed by atoms with Crippen LogP contribution >= 0.6 is 0 Å². The average Bonchev–Trinajstić information content (AvgIpc) is 2.27. The summed E-state index contributed by atoms with van der Waals surface area (Å²) in [6.07, 6.45) is 3.03. The molecule has 90 valence electrons. The Morgan fingerprint density at radius 3 is 2.88 bits per heavy atom. The maximum absolute atomic E-state index is 10.9. The first-order valence-electron chi connectivity index (χ1n) is 5.78. The van der Waals surface area contributed by atoms with Crippen molar-refractivity contribution in [3.63, 3.8) is 0 Å². The largest absolute Gasteiger partial charge is 0.424 e. The molecule has 3 nitrogen and oxygen atoms in total. The summed E-state index contributed by atoms with van der Waals surface area (Å²) in [5, 5.41) is 0. The highest BCUT2D eigenvalue weighted by atomic mass is 16.5. The lowest BCUT2D eigenvalue weighted by atomic mass is 10.2. The number of pyridine rings is 1. The van der Waals surface area contributed by atoms with Crippen LogP contribution < -0.4 is 4.74 Å². The Balaban J connectivity index is 2.89. The second-order valence-corrected chi connectivity index (χ2v) is 3.80. The zero-order valence-corrected chi connectivity index (χ0v) is 10.5. The molecule has 17 heavy (non-hydrogen) atoms. The number of aromatic nitrogens is 1. The fourth-order valence-electron chi connectivity index (χ4n) is 1.28. The minimum Gasteiger partial charge on any atom is -0.424 e. The fourth-order valence-corrected chi connectivity index (χ4v) is 1.28. The molecule has 3 heteroatoms. The van der Waals surface area contributed by atoms with Crippen molar-refractivity contribution >= 4 is 5.97 Å². The van der Waals surface area contributed by atoms with Crippen LogP contribution in [-0.2, 0) is 4.79 Å². The van der Waals surface area contributed by atoms with E-state index in [0.717, 1.165) is 25.0 Å². The Morgan fingerprint density at radius 1 is 1.47 bits per heavy atom. The van der Waals surface area contributed by atoms with Gasteiger partial charge in [0.05, 0.1) is 0 Å². The standard InChI is InChI=1S/C14H17NO2/c1-4-5-6-7-8-13-14(17-12(3)16)10-9-11(2)15-13/h9-10H,4-6H2,1-3H3. The number of aryl methyl sites for hydroxylation is 1. The maximum Gasteiger partial charge on any atom is 0.308 e. The molecule has 0 unspecified atom stereocenters. The lowest BCUT2D eigenvalue weighted by molar-refractivity contribution is -0.131. The molecule has 0 saturated carbocycles. The van der Waals surface area contributed by atoms with Crippen LogP contribution in [0.2, 0.25) is 0 Å². The lowest BCUT2D eigenvalue weighted by Gasteiger charge is -2.03. The quantitative estimate of drug-likeness (QED) is 0.456. The molecule has 0 fully saturated rings. The summed E-state index contributed by atoms with van der Waals surface area (Å²) in [6.45, 7) is 5.37. The second-order valence-electron chi connectivity index (χ2n) is 3.80. The topological polar surface area (TPSA) is 39.2 Å². The number of carbonyl (C=O) groups excluding carboxylic acids is 1. The molecule has 1 heterocycles. The number of carbonyl (C=O) groups is 1. The lowest BCUT2D eigenvalue weighted by Crippen LogP contribution is -2.04. The molecular formula is C14H17NO2. The van der Waals surface area contributed by atoms with Crippen molar-refractivity contribution in [1.82, 2.24) is 4.98 Å². The Kier molecular flexibility index (Phi) is 5.22. The van der Waals surface area contributed by atoms with E-state index in [-0.39, 0.29) is 5.97 Å². The van der Waals surface area contributed by atoms with Crippen LogP contribution in [0, 0.1) is 18.8 Å². The number of rotatable bonds is 3. The van der Waals surface area contributed by atoms with E-state index in [1.807, 2.05) is 6.92 Å². The van der Waals surface area contributed by atoms with E-state index in [2.05, 4.69) is 23.7 Å². The number of hydrogen-bond acceptors (Lipinski definition) is 3. The molecule has 0 saturated heterocycles. The van der Waals surface area contributed by atoms with Gasteiger partial charge in [-0.2, -0.15) is 0 Å². The van der Waals surface area contributed by atoms with Gasteiger partial charge in [0.1, 0.15) is 0 Å². The highest BCUT2D eigenvalue weighted by molar-refractivity contribution is 5.70. The molecule has 0 aliphatic carbocycles. The van der Waals surface area contributed by atoms with E-state index in [1.54, 1.807) is 12.1 Å². The smallest absolute Gasteiger partial charge is 0.308 e. The second kappa shape index (κ2) is 6.70. The van der Waals surface area contributed by atoms with E-state index < -0.39 is 0 Å². The zero-order valence-electron chi connectivity index (χ0n) is 10.5. The molecule has 0 bridgehead atoms. The van der Waals surface area contributed by atoms with Gasteiger partial charge in [-0.15, -0.1) is 0 Å². The van der Waals surface area contributed by atoms with E-state index in [0.29, 0.717) is 11.4 Å². The molecule has 0 radical (unpaired) electrons. The van der Waals surface area contributed by atoms with E-state index in [9.17, 15) is 4.79 Å². The number of nitrogens with zero attached hydrogens (tertiary/aromatic N) is 1. The van der Waals surface area contributed by atoms with Crippen LogP contribution in [0.15, 0.2) is 12.1 Å². The minimum atomic E-state index is -0.354. The molecule has 0 amide bonds. The van der Waals surface area contributed by atoms with Crippen molar-refractivity contribution in [1.29, 1.82) is 0 Å². The van der Waals surface area contributed by atoms with Gasteiger partial charge in [0, 0.05) is 19.0 Å². The first-order valence-corrected chi connectivity index (χ1v) is 5.78. The summed E-state index contributed by atoms with van der Waals surface area (Å²) in [7, 11) is 0. The molecular weight excluding hydrogens is 214 g/mol. The Morgan fingerprint density at radius 2 is 2.24 bits per heavy atom. The van der Waals surface area contributed by atoms with Crippen molar-refractivity contribution < 1.29 is 9.53 Å². The maximum atomic E-state index is 10.9. The van der Waals surface area contributed by atoms with Crippen molar-refractivity contribution in [2.45, 2.75) is 40.0 Å². The first kappa shape index (κ1) is 13.2. The number of hydrogen-bond donors (Lipinski definition) is 0. The average molecular weight is 231 g/mol. The third kappa shape index (κ3) is 4.69. The van der Waals surface area contributed by atoms with E-state index in [1.165, 1.54) is 6.92 Å². The summed E-state index contributed by atoms with van der Waals surface area (Å²) in [5.41, 5.74) is 1.40. The predicted molar refractivity (Wildman–Crippen MR) is 66.7 cm³/mol. The SMILES string of the molecule is CCCCC#Cc1nc(C)ccc1OC(C)=O. The first-order chi connectivity index (χ1) is 8.13. The van der Waals surface area contributed by atoms with Gasteiger partial charge in [0.25, 0.3) is 0 Å². The molecule has 0 aliphatic rings. The molecule has 0 aliphatic heterocycles. The van der Waals surface area contributed by atoms with Gasteiger partial charge in [-0.1, -0.05) is 19.3 Å². The molecule has 0 atom stereocenters.